The van der Waals surface area contributed by atoms with Crippen molar-refractivity contribution in [3.8, 4) is 6.07 Å². The van der Waals surface area contributed by atoms with Crippen molar-refractivity contribution in [2.24, 2.45) is 0 Å². The van der Waals surface area contributed by atoms with Gasteiger partial charge in [0.05, 0.1) is 29.4 Å². The molecule has 0 spiro atoms. The Kier molecular flexibility index (Phi) is 3.57. The molecule has 1 aromatic carbocycles. The van der Waals surface area contributed by atoms with Crippen LogP contribution in [0, 0.1) is 11.3 Å². The van der Waals surface area contributed by atoms with Gasteiger partial charge < -0.3 is 5.11 Å². The number of nitriles is 1. The van der Waals surface area contributed by atoms with E-state index in [1.54, 1.807) is 0 Å². The minimum Gasteiger partial charge on any atom is -0.392 e. The summed E-state index contributed by atoms with van der Waals surface area (Å²) in [4.78, 5) is 0. The van der Waals surface area contributed by atoms with E-state index in [4.69, 9.17) is 10.4 Å². The number of hydrogen-bond donors (Lipinski definition) is 1. The smallest absolute Gasteiger partial charge is 0.392 e. The summed E-state index contributed by atoms with van der Waals surface area (Å²) in [5.74, 6) is 0. The number of nitrogens with zero attached hydrogens (tertiary/aromatic N) is 1. The molecule has 1 aromatic rings. The largest absolute Gasteiger partial charge is 0.417 e. The molecule has 0 fully saturated rings. The molecule has 0 amide bonds. The molecule has 2 nitrogen and oxygen atoms in total. The monoisotopic (exact) mass is 269 g/mol. The van der Waals surface area contributed by atoms with Crippen LogP contribution in [0.25, 0.3) is 0 Å². The maximum Gasteiger partial charge on any atom is 0.417 e. The lowest BCUT2D eigenvalue weighted by atomic mass is 9.96. The molecule has 0 atom stereocenters. The van der Waals surface area contributed by atoms with Gasteiger partial charge in [-0.1, -0.05) is 0 Å². The van der Waals surface area contributed by atoms with Gasteiger partial charge in [-0.2, -0.15) is 31.6 Å². The maximum atomic E-state index is 12.6. The van der Waals surface area contributed by atoms with Crippen LogP contribution in [0.15, 0.2) is 12.1 Å². The van der Waals surface area contributed by atoms with Crippen molar-refractivity contribution in [2.75, 3.05) is 0 Å². The van der Waals surface area contributed by atoms with E-state index < -0.39 is 41.2 Å². The SMILES string of the molecule is N#Cc1ccc(C(F)(F)F)c(C(F)(F)F)c1CO. The van der Waals surface area contributed by atoms with E-state index >= 15 is 0 Å². The van der Waals surface area contributed by atoms with Gasteiger partial charge >= 0.3 is 12.4 Å². The fourth-order valence-corrected chi connectivity index (χ4v) is 1.48. The zero-order valence-corrected chi connectivity index (χ0v) is 8.52. The van der Waals surface area contributed by atoms with Crippen molar-refractivity contribution < 1.29 is 31.4 Å². The fraction of sp³-hybridized carbons (Fsp3) is 0.300. The van der Waals surface area contributed by atoms with Crippen LogP contribution in [0.4, 0.5) is 26.3 Å². The van der Waals surface area contributed by atoms with Crippen molar-refractivity contribution >= 4 is 0 Å². The first-order valence-corrected chi connectivity index (χ1v) is 4.44. The van der Waals surface area contributed by atoms with E-state index in [1.165, 1.54) is 6.07 Å². The molecule has 98 valence electrons. The molecule has 0 unspecified atom stereocenters. The first kappa shape index (κ1) is 14.3. The number of rotatable bonds is 1. The molecule has 0 aliphatic rings. The topological polar surface area (TPSA) is 44.0 Å². The summed E-state index contributed by atoms with van der Waals surface area (Å²) in [5.41, 5.74) is -5.65. The van der Waals surface area contributed by atoms with Gasteiger partial charge in [0.15, 0.2) is 0 Å². The van der Waals surface area contributed by atoms with Crippen molar-refractivity contribution in [1.29, 1.82) is 5.26 Å². The predicted molar refractivity (Wildman–Crippen MR) is 47.1 cm³/mol. The zero-order valence-electron chi connectivity index (χ0n) is 8.52. The highest BCUT2D eigenvalue weighted by molar-refractivity contribution is 5.49. The number of alkyl halides is 6. The first-order chi connectivity index (χ1) is 8.12. The summed E-state index contributed by atoms with van der Waals surface area (Å²) in [6.45, 7) is -1.30. The van der Waals surface area contributed by atoms with Crippen molar-refractivity contribution in [1.82, 2.24) is 0 Å². The molecule has 0 heterocycles. The Morgan fingerprint density at radius 3 is 1.94 bits per heavy atom. The lowest BCUT2D eigenvalue weighted by molar-refractivity contribution is -0.162. The van der Waals surface area contributed by atoms with Crippen molar-refractivity contribution in [3.63, 3.8) is 0 Å². The molecule has 0 radical (unpaired) electrons. The molecule has 18 heavy (non-hydrogen) atoms. The second kappa shape index (κ2) is 4.49. The van der Waals surface area contributed by atoms with Crippen LogP contribution >= 0.6 is 0 Å². The molecule has 1 N–H and O–H groups in total. The Bertz CT molecular complexity index is 497. The average molecular weight is 269 g/mol. The number of hydrogen-bond acceptors (Lipinski definition) is 2. The molecule has 8 heteroatoms. The van der Waals surface area contributed by atoms with Crippen LogP contribution in [0.1, 0.15) is 22.3 Å². The molecular weight excluding hydrogens is 264 g/mol. The quantitative estimate of drug-likeness (QED) is 0.796. The molecule has 0 saturated heterocycles. The highest BCUT2D eigenvalue weighted by Gasteiger charge is 2.45. The molecule has 0 aliphatic heterocycles. The van der Waals surface area contributed by atoms with E-state index in [-0.39, 0.29) is 6.07 Å². The molecular formula is C10H5F6NO. The third-order valence-corrected chi connectivity index (χ3v) is 2.18. The Balaban J connectivity index is 3.73. The second-order valence-corrected chi connectivity index (χ2v) is 3.28. The molecule has 0 saturated carbocycles. The lowest BCUT2D eigenvalue weighted by Gasteiger charge is -2.19. The van der Waals surface area contributed by atoms with Gasteiger partial charge in [0.2, 0.25) is 0 Å². The highest BCUT2D eigenvalue weighted by atomic mass is 19.4. The normalized spacial score (nSPS) is 12.3. The van der Waals surface area contributed by atoms with Gasteiger partial charge in [0, 0.05) is 5.56 Å². The fourth-order valence-electron chi connectivity index (χ4n) is 1.48. The summed E-state index contributed by atoms with van der Waals surface area (Å²) in [7, 11) is 0. The van der Waals surface area contributed by atoms with Crippen LogP contribution in [0.3, 0.4) is 0 Å². The standard InChI is InChI=1S/C10H5F6NO/c11-9(12,13)7-2-1-5(3-17)6(4-18)8(7)10(14,15)16/h1-2,18H,4H2. The van der Waals surface area contributed by atoms with E-state index in [1.807, 2.05) is 0 Å². The second-order valence-electron chi connectivity index (χ2n) is 3.28. The molecule has 1 rings (SSSR count). The van der Waals surface area contributed by atoms with Gasteiger partial charge in [-0.25, -0.2) is 0 Å². The third kappa shape index (κ3) is 2.56. The number of benzene rings is 1. The summed E-state index contributed by atoms with van der Waals surface area (Å²) < 4.78 is 75.3. The minimum atomic E-state index is -5.31. The van der Waals surface area contributed by atoms with E-state index in [0.717, 1.165) is 0 Å². The summed E-state index contributed by atoms with van der Waals surface area (Å²) in [6.07, 6.45) is -10.5. The van der Waals surface area contributed by atoms with Gasteiger partial charge in [0.25, 0.3) is 0 Å². The molecule has 0 bridgehead atoms. The van der Waals surface area contributed by atoms with Crippen LogP contribution in [0.5, 0.6) is 0 Å². The van der Waals surface area contributed by atoms with Crippen LogP contribution in [-0.4, -0.2) is 5.11 Å². The van der Waals surface area contributed by atoms with E-state index in [0.29, 0.717) is 6.07 Å². The predicted octanol–water partition coefficient (Wildman–Crippen LogP) is 3.09. The lowest BCUT2D eigenvalue weighted by Crippen LogP contribution is -2.20. The van der Waals surface area contributed by atoms with E-state index in [9.17, 15) is 26.3 Å². The number of halogens is 6. The molecule has 0 aliphatic carbocycles. The van der Waals surface area contributed by atoms with Crippen molar-refractivity contribution in [2.45, 2.75) is 19.0 Å². The van der Waals surface area contributed by atoms with Crippen molar-refractivity contribution in [3.05, 3.63) is 34.4 Å². The minimum absolute atomic E-state index is 0.181. The Morgan fingerprint density at radius 1 is 1.06 bits per heavy atom. The van der Waals surface area contributed by atoms with Gasteiger partial charge in [-0.3, -0.25) is 0 Å². The average Bonchev–Trinajstić information content (AvgIpc) is 2.24. The highest BCUT2D eigenvalue weighted by Crippen LogP contribution is 2.42. The van der Waals surface area contributed by atoms with Gasteiger partial charge in [-0.05, 0) is 12.1 Å². The Morgan fingerprint density at radius 2 is 1.61 bits per heavy atom. The van der Waals surface area contributed by atoms with Crippen LogP contribution in [0.2, 0.25) is 0 Å². The number of aliphatic hydroxyl groups is 1. The van der Waals surface area contributed by atoms with Crippen LogP contribution < -0.4 is 0 Å². The maximum absolute atomic E-state index is 12.6. The zero-order chi connectivity index (χ0) is 14.1. The van der Waals surface area contributed by atoms with Crippen LogP contribution in [-0.2, 0) is 19.0 Å². The van der Waals surface area contributed by atoms with Gasteiger partial charge in [-0.15, -0.1) is 0 Å². The summed E-state index contributed by atoms with van der Waals surface area (Å²) >= 11 is 0. The van der Waals surface area contributed by atoms with Gasteiger partial charge in [0.1, 0.15) is 0 Å². The third-order valence-electron chi connectivity index (χ3n) is 2.18. The van der Waals surface area contributed by atoms with E-state index in [2.05, 4.69) is 0 Å². The summed E-state index contributed by atoms with van der Waals surface area (Å²) in [5, 5.41) is 17.3. The Hall–Kier alpha value is -1.75. The summed E-state index contributed by atoms with van der Waals surface area (Å²) in [6, 6.07) is 2.09. The molecule has 0 aromatic heterocycles. The first-order valence-electron chi connectivity index (χ1n) is 4.44. The Labute approximate surface area is 97.1 Å². The number of aliphatic hydroxyl groups excluding tert-OH is 1.